The zero-order valence-electron chi connectivity index (χ0n) is 9.49. The van der Waals surface area contributed by atoms with Crippen LogP contribution in [0.4, 0.5) is 5.00 Å². The summed E-state index contributed by atoms with van der Waals surface area (Å²) in [6.07, 6.45) is 4.99. The van der Waals surface area contributed by atoms with Gasteiger partial charge in [-0.05, 0) is 25.8 Å². The molecule has 86 valence electrons. The van der Waals surface area contributed by atoms with Gasteiger partial charge in [0.1, 0.15) is 5.84 Å². The van der Waals surface area contributed by atoms with Gasteiger partial charge in [0.2, 0.25) is 0 Å². The summed E-state index contributed by atoms with van der Waals surface area (Å²) in [4.78, 5) is 5.99. The third-order valence-corrected chi connectivity index (χ3v) is 4.46. The number of hydrogen-bond donors (Lipinski definition) is 2. The van der Waals surface area contributed by atoms with Gasteiger partial charge in [0, 0.05) is 10.9 Å². The first-order valence-corrected chi connectivity index (χ1v) is 6.76. The van der Waals surface area contributed by atoms with Gasteiger partial charge in [-0.25, -0.2) is 0 Å². The summed E-state index contributed by atoms with van der Waals surface area (Å²) in [6.45, 7) is 2.12. The van der Waals surface area contributed by atoms with Crippen LogP contribution in [0.5, 0.6) is 0 Å². The van der Waals surface area contributed by atoms with Gasteiger partial charge >= 0.3 is 0 Å². The topological polar surface area (TPSA) is 50.4 Å². The van der Waals surface area contributed by atoms with Crippen LogP contribution in [0.15, 0.2) is 11.1 Å². The van der Waals surface area contributed by atoms with Crippen LogP contribution in [-0.4, -0.2) is 17.9 Å². The lowest BCUT2D eigenvalue weighted by Crippen LogP contribution is -2.34. The van der Waals surface area contributed by atoms with Crippen LogP contribution in [0.2, 0.25) is 0 Å². The molecule has 1 fully saturated rings. The Labute approximate surface area is 99.8 Å². The quantitative estimate of drug-likeness (QED) is 0.726. The number of nitrogens with one attached hydrogen (secondary N) is 1. The number of fused-ring (bicyclic) bond motifs is 2. The predicted molar refractivity (Wildman–Crippen MR) is 69.4 cm³/mol. The summed E-state index contributed by atoms with van der Waals surface area (Å²) in [5.41, 5.74) is 7.19. The molecule has 0 bridgehead atoms. The first-order valence-electron chi connectivity index (χ1n) is 5.94. The van der Waals surface area contributed by atoms with Crippen LogP contribution in [0.3, 0.4) is 0 Å². The highest BCUT2D eigenvalue weighted by Gasteiger charge is 2.29. The minimum atomic E-state index is 0.383. The number of amidine groups is 1. The first-order chi connectivity index (χ1) is 7.74. The normalized spacial score (nSPS) is 28.4. The van der Waals surface area contributed by atoms with Gasteiger partial charge in [0.15, 0.2) is 0 Å². The fraction of sp³-hybridized carbons (Fsp3) is 0.583. The SMILES string of the molecule is Cc1cc2c(s1)NC1CCCCC1N=C2N. The molecular formula is C12H17N3S. The van der Waals surface area contributed by atoms with Crippen LogP contribution in [0.25, 0.3) is 0 Å². The molecule has 1 saturated carbocycles. The second kappa shape index (κ2) is 3.77. The van der Waals surface area contributed by atoms with Crippen molar-refractivity contribution in [3.8, 4) is 0 Å². The minimum absolute atomic E-state index is 0.383. The van der Waals surface area contributed by atoms with Crippen LogP contribution in [-0.2, 0) is 0 Å². The van der Waals surface area contributed by atoms with E-state index in [9.17, 15) is 0 Å². The number of aliphatic imine (C=N–C) groups is 1. The molecule has 3 nitrogen and oxygen atoms in total. The van der Waals surface area contributed by atoms with Gasteiger partial charge in [-0.1, -0.05) is 12.8 Å². The number of thiophene rings is 1. The molecule has 4 heteroatoms. The Morgan fingerprint density at radius 2 is 2.25 bits per heavy atom. The van der Waals surface area contributed by atoms with E-state index < -0.39 is 0 Å². The maximum atomic E-state index is 6.08. The number of nitrogens with two attached hydrogens (primary N) is 1. The van der Waals surface area contributed by atoms with E-state index in [0.29, 0.717) is 12.1 Å². The van der Waals surface area contributed by atoms with Crippen LogP contribution in [0, 0.1) is 6.92 Å². The van der Waals surface area contributed by atoms with Gasteiger partial charge in [0.05, 0.1) is 16.6 Å². The molecule has 2 aliphatic rings. The molecule has 0 saturated heterocycles. The Morgan fingerprint density at radius 1 is 1.44 bits per heavy atom. The number of nitrogens with zero attached hydrogens (tertiary/aromatic N) is 1. The molecule has 1 aliphatic heterocycles. The molecule has 3 rings (SSSR count). The number of rotatable bonds is 0. The summed E-state index contributed by atoms with van der Waals surface area (Å²) in [6, 6.07) is 3.02. The highest BCUT2D eigenvalue weighted by Crippen LogP contribution is 2.34. The number of hydrogen-bond acceptors (Lipinski definition) is 4. The Kier molecular flexibility index (Phi) is 2.39. The molecule has 0 spiro atoms. The average molecular weight is 235 g/mol. The fourth-order valence-corrected chi connectivity index (χ4v) is 3.64. The summed E-state index contributed by atoms with van der Waals surface area (Å²) in [5.74, 6) is 0.723. The molecule has 1 aromatic heterocycles. The number of aryl methyl sites for hydroxylation is 1. The third-order valence-electron chi connectivity index (χ3n) is 3.48. The smallest absolute Gasteiger partial charge is 0.128 e. The summed E-state index contributed by atoms with van der Waals surface area (Å²) in [7, 11) is 0. The van der Waals surface area contributed by atoms with Crippen molar-refractivity contribution >= 4 is 22.2 Å². The van der Waals surface area contributed by atoms with Crippen molar-refractivity contribution in [1.29, 1.82) is 0 Å². The molecule has 3 N–H and O–H groups in total. The highest BCUT2D eigenvalue weighted by molar-refractivity contribution is 7.16. The van der Waals surface area contributed by atoms with Crippen molar-refractivity contribution in [2.75, 3.05) is 5.32 Å². The van der Waals surface area contributed by atoms with Crippen LogP contribution in [0.1, 0.15) is 36.1 Å². The van der Waals surface area contributed by atoms with Crippen molar-refractivity contribution in [3.05, 3.63) is 16.5 Å². The molecule has 1 aliphatic carbocycles. The molecule has 1 aromatic rings. The molecule has 2 atom stereocenters. The second-order valence-electron chi connectivity index (χ2n) is 4.72. The maximum absolute atomic E-state index is 6.08. The molecule has 0 amide bonds. The maximum Gasteiger partial charge on any atom is 0.128 e. The van der Waals surface area contributed by atoms with E-state index in [1.807, 2.05) is 0 Å². The standard InChI is InChI=1S/C12H17N3S/c1-7-6-8-11(13)14-9-4-2-3-5-10(9)15-12(8)16-7/h6,9-10,15H,2-5H2,1H3,(H2,13,14). The summed E-state index contributed by atoms with van der Waals surface area (Å²) in [5, 5.41) is 4.85. The third kappa shape index (κ3) is 1.61. The molecular weight excluding hydrogens is 218 g/mol. The Morgan fingerprint density at radius 3 is 3.12 bits per heavy atom. The van der Waals surface area contributed by atoms with Gasteiger partial charge in [-0.3, -0.25) is 4.99 Å². The van der Waals surface area contributed by atoms with Gasteiger partial charge in [0.25, 0.3) is 0 Å². The van der Waals surface area contributed by atoms with E-state index in [1.165, 1.54) is 35.6 Å². The number of anilines is 1. The monoisotopic (exact) mass is 235 g/mol. The van der Waals surface area contributed by atoms with E-state index in [1.54, 1.807) is 11.3 Å². The lowest BCUT2D eigenvalue weighted by Gasteiger charge is -2.28. The molecule has 16 heavy (non-hydrogen) atoms. The van der Waals surface area contributed by atoms with E-state index in [4.69, 9.17) is 10.7 Å². The zero-order chi connectivity index (χ0) is 11.1. The van der Waals surface area contributed by atoms with E-state index in [-0.39, 0.29) is 0 Å². The Balaban J connectivity index is 2.02. The average Bonchev–Trinajstić information content (AvgIpc) is 2.57. The predicted octanol–water partition coefficient (Wildman–Crippen LogP) is 2.50. The van der Waals surface area contributed by atoms with Crippen molar-refractivity contribution in [2.24, 2.45) is 10.7 Å². The van der Waals surface area contributed by atoms with E-state index in [2.05, 4.69) is 18.3 Å². The lowest BCUT2D eigenvalue weighted by molar-refractivity contribution is 0.408. The lowest BCUT2D eigenvalue weighted by atomic mass is 9.91. The van der Waals surface area contributed by atoms with Crippen molar-refractivity contribution in [1.82, 2.24) is 0 Å². The molecule has 0 radical (unpaired) electrons. The molecule has 2 unspecified atom stereocenters. The van der Waals surface area contributed by atoms with Crippen LogP contribution < -0.4 is 11.1 Å². The second-order valence-corrected chi connectivity index (χ2v) is 5.97. The minimum Gasteiger partial charge on any atom is -0.383 e. The van der Waals surface area contributed by atoms with E-state index in [0.717, 1.165) is 11.4 Å². The van der Waals surface area contributed by atoms with Crippen molar-refractivity contribution in [3.63, 3.8) is 0 Å². The Bertz CT molecular complexity index is 435. The van der Waals surface area contributed by atoms with Gasteiger partial charge in [-0.15, -0.1) is 11.3 Å². The first kappa shape index (κ1) is 10.1. The Hall–Kier alpha value is -1.03. The molecule has 0 aromatic carbocycles. The molecule has 2 heterocycles. The summed E-state index contributed by atoms with van der Waals surface area (Å²) < 4.78 is 0. The zero-order valence-corrected chi connectivity index (χ0v) is 10.3. The fourth-order valence-electron chi connectivity index (χ4n) is 2.66. The largest absolute Gasteiger partial charge is 0.383 e. The summed E-state index contributed by atoms with van der Waals surface area (Å²) >= 11 is 1.79. The van der Waals surface area contributed by atoms with Crippen molar-refractivity contribution in [2.45, 2.75) is 44.7 Å². The van der Waals surface area contributed by atoms with Gasteiger partial charge < -0.3 is 11.1 Å². The van der Waals surface area contributed by atoms with E-state index >= 15 is 0 Å². The van der Waals surface area contributed by atoms with Gasteiger partial charge in [-0.2, -0.15) is 0 Å². The van der Waals surface area contributed by atoms with Crippen molar-refractivity contribution < 1.29 is 0 Å². The van der Waals surface area contributed by atoms with Crippen LogP contribution >= 0.6 is 11.3 Å². The highest BCUT2D eigenvalue weighted by atomic mass is 32.1.